The fourth-order valence-electron chi connectivity index (χ4n) is 8.68. The lowest BCUT2D eigenvalue weighted by Gasteiger charge is -2.60. The largest absolute Gasteiger partial charge is 0.511 e. The minimum absolute atomic E-state index is 0.0302. The molecule has 0 aromatic rings. The minimum atomic E-state index is 0.0302. The highest BCUT2D eigenvalue weighted by atomic mass is 16.3. The van der Waals surface area contributed by atoms with Gasteiger partial charge in [0, 0.05) is 6.42 Å². The van der Waals surface area contributed by atoms with E-state index in [1.807, 2.05) is 13.8 Å². The van der Waals surface area contributed by atoms with Crippen LogP contribution >= 0.6 is 0 Å². The minimum Gasteiger partial charge on any atom is -0.511 e. The number of rotatable bonds is 6. The Kier molecular flexibility index (Phi) is 8.19. The number of aliphatic hydroxyl groups is 1. The topological polar surface area (TPSA) is 49.3 Å². The summed E-state index contributed by atoms with van der Waals surface area (Å²) < 4.78 is 0. The van der Waals surface area contributed by atoms with Crippen LogP contribution in [-0.2, 0) is 4.79 Å². The van der Waals surface area contributed by atoms with Crippen molar-refractivity contribution in [2.75, 3.05) is 6.54 Å². The predicted octanol–water partition coefficient (Wildman–Crippen LogP) is 7.42. The molecule has 4 aliphatic rings. The van der Waals surface area contributed by atoms with Gasteiger partial charge in [-0.25, -0.2) is 0 Å². The highest BCUT2D eigenvalue weighted by molar-refractivity contribution is 5.75. The molecule has 4 rings (SSSR count). The quantitative estimate of drug-likeness (QED) is 0.430. The maximum Gasteiger partial charge on any atom is 0.220 e. The van der Waals surface area contributed by atoms with Crippen LogP contribution in [0, 0.1) is 40.4 Å². The van der Waals surface area contributed by atoms with Crippen molar-refractivity contribution in [2.24, 2.45) is 40.4 Å². The number of hydrogen-bond donors (Lipinski definition) is 2. The first-order valence-electron chi connectivity index (χ1n) is 13.5. The second-order valence-electron chi connectivity index (χ2n) is 11.5. The molecule has 0 aromatic carbocycles. The molecule has 0 aromatic heterocycles. The van der Waals surface area contributed by atoms with Gasteiger partial charge < -0.3 is 10.4 Å². The molecule has 4 fully saturated rings. The Balaban J connectivity index is 0.00000132. The Morgan fingerprint density at radius 3 is 2.45 bits per heavy atom. The molecule has 0 heterocycles. The molecule has 0 aliphatic heterocycles. The van der Waals surface area contributed by atoms with Crippen LogP contribution < -0.4 is 5.32 Å². The Morgan fingerprint density at radius 1 is 0.968 bits per heavy atom. The highest BCUT2D eigenvalue weighted by Crippen LogP contribution is 2.67. The summed E-state index contributed by atoms with van der Waals surface area (Å²) in [6.07, 6.45) is 17.3. The van der Waals surface area contributed by atoms with Crippen molar-refractivity contribution in [3.05, 3.63) is 12.3 Å². The van der Waals surface area contributed by atoms with E-state index in [4.69, 9.17) is 5.11 Å². The summed E-state index contributed by atoms with van der Waals surface area (Å²) in [6, 6.07) is 0. The number of hydrogen-bond acceptors (Lipinski definition) is 2. The van der Waals surface area contributed by atoms with E-state index in [9.17, 15) is 4.79 Å². The maximum absolute atomic E-state index is 12.0. The number of fused-ring (bicyclic) bond motifs is 5. The summed E-state index contributed by atoms with van der Waals surface area (Å²) in [6.45, 7) is 12.9. The van der Waals surface area contributed by atoms with Crippen LogP contribution in [0.1, 0.15) is 111 Å². The Labute approximate surface area is 191 Å². The van der Waals surface area contributed by atoms with Gasteiger partial charge >= 0.3 is 0 Å². The third-order valence-electron chi connectivity index (χ3n) is 10.2. The van der Waals surface area contributed by atoms with Crippen molar-refractivity contribution in [1.82, 2.24) is 5.32 Å². The van der Waals surface area contributed by atoms with E-state index < -0.39 is 0 Å². The fraction of sp³-hybridized carbons (Fsp3) is 0.893. The summed E-state index contributed by atoms with van der Waals surface area (Å²) in [5.74, 6) is 4.76. The SMILES string of the molecule is C=C(O)CNC(=O)CCCC1CCC2C3CCC4CCCCC4(C)C3CCC12C.CC. The van der Waals surface area contributed by atoms with Crippen molar-refractivity contribution in [2.45, 2.75) is 111 Å². The van der Waals surface area contributed by atoms with Gasteiger partial charge in [-0.05, 0) is 105 Å². The standard InChI is InChI=1S/C26H43NO2.C2H6/c1-18(28)17-27-24(29)9-6-8-20-11-13-22-21-12-10-19-7-4-5-15-25(19,2)23(21)14-16-26(20,22)3;1-2/h19-23,28H,1,4-17H2,2-3H3,(H,27,29);1-2H3. The highest BCUT2D eigenvalue weighted by Gasteiger charge is 2.59. The molecule has 7 unspecified atom stereocenters. The van der Waals surface area contributed by atoms with E-state index in [2.05, 4.69) is 25.7 Å². The lowest BCUT2D eigenvalue weighted by molar-refractivity contribution is -0.121. The summed E-state index contributed by atoms with van der Waals surface area (Å²) in [5.41, 5.74) is 1.14. The molecule has 3 heteroatoms. The predicted molar refractivity (Wildman–Crippen MR) is 130 cm³/mol. The van der Waals surface area contributed by atoms with Gasteiger partial charge in [-0.2, -0.15) is 0 Å². The zero-order valence-electron chi connectivity index (χ0n) is 20.8. The van der Waals surface area contributed by atoms with Gasteiger partial charge in [0.15, 0.2) is 0 Å². The van der Waals surface area contributed by atoms with E-state index in [0.717, 1.165) is 36.0 Å². The first-order chi connectivity index (χ1) is 14.8. The monoisotopic (exact) mass is 431 g/mol. The van der Waals surface area contributed by atoms with Gasteiger partial charge in [-0.15, -0.1) is 0 Å². The number of nitrogens with one attached hydrogen (secondary N) is 1. The van der Waals surface area contributed by atoms with Crippen LogP contribution in [0.25, 0.3) is 0 Å². The molecular formula is C28H49NO2. The molecule has 178 valence electrons. The molecule has 2 N–H and O–H groups in total. The van der Waals surface area contributed by atoms with Crippen molar-refractivity contribution < 1.29 is 9.90 Å². The summed E-state index contributed by atoms with van der Waals surface area (Å²) >= 11 is 0. The number of amides is 1. The molecule has 0 radical (unpaired) electrons. The Morgan fingerprint density at radius 2 is 1.71 bits per heavy atom. The zero-order valence-corrected chi connectivity index (χ0v) is 20.8. The summed E-state index contributed by atoms with van der Waals surface area (Å²) in [7, 11) is 0. The first kappa shape index (κ1) is 24.6. The molecule has 3 nitrogen and oxygen atoms in total. The molecule has 0 bridgehead atoms. The summed E-state index contributed by atoms with van der Waals surface area (Å²) in [5, 5.41) is 11.9. The van der Waals surface area contributed by atoms with Crippen molar-refractivity contribution in [3.8, 4) is 0 Å². The van der Waals surface area contributed by atoms with Crippen molar-refractivity contribution in [3.63, 3.8) is 0 Å². The van der Waals surface area contributed by atoms with Crippen LogP contribution in [0.2, 0.25) is 0 Å². The normalized spacial score (nSPS) is 41.1. The van der Waals surface area contributed by atoms with Gasteiger partial charge in [0.2, 0.25) is 5.91 Å². The molecule has 0 spiro atoms. The number of aliphatic hydroxyl groups excluding tert-OH is 1. The van der Waals surface area contributed by atoms with Crippen LogP contribution in [0.3, 0.4) is 0 Å². The van der Waals surface area contributed by atoms with Crippen LogP contribution in [0.15, 0.2) is 12.3 Å². The Bertz CT molecular complexity index is 631. The van der Waals surface area contributed by atoms with Crippen molar-refractivity contribution in [1.29, 1.82) is 0 Å². The van der Waals surface area contributed by atoms with E-state index in [-0.39, 0.29) is 18.2 Å². The van der Waals surface area contributed by atoms with Crippen LogP contribution in [0.5, 0.6) is 0 Å². The van der Waals surface area contributed by atoms with E-state index in [1.165, 1.54) is 70.6 Å². The third kappa shape index (κ3) is 4.86. The van der Waals surface area contributed by atoms with E-state index in [1.54, 1.807) is 0 Å². The number of carbonyl (C=O) groups excluding carboxylic acids is 1. The van der Waals surface area contributed by atoms with Crippen LogP contribution in [0.4, 0.5) is 0 Å². The third-order valence-corrected chi connectivity index (χ3v) is 10.2. The summed E-state index contributed by atoms with van der Waals surface area (Å²) in [4.78, 5) is 12.0. The van der Waals surface area contributed by atoms with Gasteiger partial charge in [0.1, 0.15) is 5.76 Å². The molecule has 4 aliphatic carbocycles. The molecule has 0 saturated heterocycles. The molecule has 4 saturated carbocycles. The first-order valence-corrected chi connectivity index (χ1v) is 13.5. The second-order valence-corrected chi connectivity index (χ2v) is 11.5. The molecular weight excluding hydrogens is 382 g/mol. The van der Waals surface area contributed by atoms with Gasteiger partial charge in [0.05, 0.1) is 6.54 Å². The lowest BCUT2D eigenvalue weighted by Crippen LogP contribution is -2.52. The lowest BCUT2D eigenvalue weighted by atomic mass is 9.45. The van der Waals surface area contributed by atoms with Crippen LogP contribution in [-0.4, -0.2) is 17.6 Å². The van der Waals surface area contributed by atoms with Gasteiger partial charge in [0.25, 0.3) is 0 Å². The smallest absolute Gasteiger partial charge is 0.220 e. The Hall–Kier alpha value is -0.990. The van der Waals surface area contributed by atoms with Gasteiger partial charge in [-0.3, -0.25) is 4.79 Å². The van der Waals surface area contributed by atoms with Crippen molar-refractivity contribution >= 4 is 5.91 Å². The maximum atomic E-state index is 12.0. The molecule has 31 heavy (non-hydrogen) atoms. The average molecular weight is 432 g/mol. The van der Waals surface area contributed by atoms with E-state index >= 15 is 0 Å². The fourth-order valence-corrected chi connectivity index (χ4v) is 8.68. The molecule has 1 amide bonds. The second kappa shape index (κ2) is 10.3. The van der Waals surface area contributed by atoms with E-state index in [0.29, 0.717) is 17.3 Å². The average Bonchev–Trinajstić information content (AvgIpc) is 3.09. The number of carbonyl (C=O) groups is 1. The molecule has 7 atom stereocenters. The zero-order chi connectivity index (χ0) is 22.6. The van der Waals surface area contributed by atoms with Gasteiger partial charge in [-0.1, -0.05) is 47.1 Å².